The molecule has 0 fully saturated rings. The lowest BCUT2D eigenvalue weighted by Gasteiger charge is -2.14. The smallest absolute Gasteiger partial charge is 0.146 e. The zero-order chi connectivity index (χ0) is 18.8. The molecule has 0 aliphatic heterocycles. The van der Waals surface area contributed by atoms with E-state index in [1.165, 1.54) is 0 Å². The van der Waals surface area contributed by atoms with Crippen LogP contribution in [0.25, 0.3) is 22.3 Å². The van der Waals surface area contributed by atoms with Gasteiger partial charge in [0.25, 0.3) is 0 Å². The van der Waals surface area contributed by atoms with Crippen molar-refractivity contribution in [2.24, 2.45) is 0 Å². The highest BCUT2D eigenvalue weighted by molar-refractivity contribution is 5.93. The van der Waals surface area contributed by atoms with Crippen molar-refractivity contribution in [2.75, 3.05) is 12.4 Å². The largest absolute Gasteiger partial charge is 0.497 e. The predicted octanol–water partition coefficient (Wildman–Crippen LogP) is 5.43. The van der Waals surface area contributed by atoms with Gasteiger partial charge in [-0.05, 0) is 61.9 Å². The average Bonchev–Trinajstić information content (AvgIpc) is 3.10. The quantitative estimate of drug-likeness (QED) is 0.517. The van der Waals surface area contributed by atoms with Gasteiger partial charge in [-0.1, -0.05) is 18.2 Å². The summed E-state index contributed by atoms with van der Waals surface area (Å²) in [7, 11) is 1.68. The van der Waals surface area contributed by atoms with Gasteiger partial charge in [0.15, 0.2) is 0 Å². The molecule has 4 rings (SSSR count). The Hall–Kier alpha value is -3.34. The van der Waals surface area contributed by atoms with Gasteiger partial charge in [-0.25, -0.2) is 9.97 Å². The van der Waals surface area contributed by atoms with E-state index < -0.39 is 0 Å². The molecule has 0 radical (unpaired) electrons. The molecule has 0 atom stereocenters. The van der Waals surface area contributed by atoms with Crippen LogP contribution in [0.15, 0.2) is 67.0 Å². The Morgan fingerprint density at radius 2 is 1.70 bits per heavy atom. The zero-order valence-corrected chi connectivity index (χ0v) is 15.7. The molecule has 0 unspecified atom stereocenters. The van der Waals surface area contributed by atoms with E-state index in [4.69, 9.17) is 4.74 Å². The summed E-state index contributed by atoms with van der Waals surface area (Å²) in [4.78, 5) is 9.05. The van der Waals surface area contributed by atoms with Crippen molar-refractivity contribution < 1.29 is 4.74 Å². The van der Waals surface area contributed by atoms with Crippen molar-refractivity contribution in [3.05, 3.63) is 67.0 Å². The first kappa shape index (κ1) is 17.1. The van der Waals surface area contributed by atoms with E-state index in [0.717, 1.165) is 39.5 Å². The number of ether oxygens (including phenoxy) is 1. The molecule has 2 aromatic heterocycles. The van der Waals surface area contributed by atoms with Gasteiger partial charge >= 0.3 is 0 Å². The predicted molar refractivity (Wildman–Crippen MR) is 110 cm³/mol. The zero-order valence-electron chi connectivity index (χ0n) is 15.7. The SMILES string of the molecule is COc1ccc(-c2cc3c(Nc4ccccc4)ncnc3n2C(C)C)cc1. The molecule has 4 aromatic rings. The Morgan fingerprint density at radius 1 is 0.963 bits per heavy atom. The molecule has 0 bridgehead atoms. The third kappa shape index (κ3) is 3.24. The maximum Gasteiger partial charge on any atom is 0.146 e. The number of fused-ring (bicyclic) bond motifs is 1. The fourth-order valence-electron chi connectivity index (χ4n) is 3.30. The average molecular weight is 358 g/mol. The third-order valence-corrected chi connectivity index (χ3v) is 4.57. The van der Waals surface area contributed by atoms with E-state index in [1.54, 1.807) is 13.4 Å². The molecule has 27 heavy (non-hydrogen) atoms. The van der Waals surface area contributed by atoms with Crippen molar-refractivity contribution in [3.63, 3.8) is 0 Å². The van der Waals surface area contributed by atoms with Crippen LogP contribution in [0.1, 0.15) is 19.9 Å². The van der Waals surface area contributed by atoms with Crippen molar-refractivity contribution in [1.82, 2.24) is 14.5 Å². The minimum atomic E-state index is 0.263. The number of hydrogen-bond donors (Lipinski definition) is 1. The van der Waals surface area contributed by atoms with Crippen LogP contribution < -0.4 is 10.1 Å². The Morgan fingerprint density at radius 3 is 2.37 bits per heavy atom. The van der Waals surface area contributed by atoms with Gasteiger partial charge in [-0.2, -0.15) is 0 Å². The van der Waals surface area contributed by atoms with Crippen molar-refractivity contribution in [2.45, 2.75) is 19.9 Å². The Labute approximate surface area is 158 Å². The molecule has 0 aliphatic carbocycles. The topological polar surface area (TPSA) is 52.0 Å². The minimum absolute atomic E-state index is 0.263. The molecule has 2 aromatic carbocycles. The van der Waals surface area contributed by atoms with E-state index in [0.29, 0.717) is 0 Å². The number of rotatable bonds is 5. The van der Waals surface area contributed by atoms with E-state index in [-0.39, 0.29) is 6.04 Å². The number of nitrogens with one attached hydrogen (secondary N) is 1. The summed E-state index contributed by atoms with van der Waals surface area (Å²) in [5, 5.41) is 4.41. The number of benzene rings is 2. The van der Waals surface area contributed by atoms with Crippen LogP contribution in [0.4, 0.5) is 11.5 Å². The van der Waals surface area contributed by atoms with Gasteiger partial charge in [0, 0.05) is 11.7 Å². The summed E-state index contributed by atoms with van der Waals surface area (Å²) in [5.74, 6) is 1.65. The number of nitrogens with zero attached hydrogens (tertiary/aromatic N) is 3. The highest BCUT2D eigenvalue weighted by Crippen LogP contribution is 2.34. The molecule has 5 nitrogen and oxygen atoms in total. The van der Waals surface area contributed by atoms with Gasteiger partial charge in [0.05, 0.1) is 18.2 Å². The summed E-state index contributed by atoms with van der Waals surface area (Å²) in [6, 6.07) is 20.6. The van der Waals surface area contributed by atoms with Gasteiger partial charge in [-0.3, -0.25) is 0 Å². The molecule has 2 heterocycles. The van der Waals surface area contributed by atoms with Crippen LogP contribution in [0.5, 0.6) is 5.75 Å². The second kappa shape index (κ2) is 7.11. The number of para-hydroxylation sites is 1. The second-order valence-electron chi connectivity index (χ2n) is 6.67. The van der Waals surface area contributed by atoms with E-state index >= 15 is 0 Å². The molecule has 0 saturated heterocycles. The number of anilines is 2. The summed E-state index contributed by atoms with van der Waals surface area (Å²) in [6.45, 7) is 4.33. The lowest BCUT2D eigenvalue weighted by atomic mass is 10.1. The standard InChI is InChI=1S/C22H22N4O/c1-15(2)26-20(16-9-11-18(27-3)12-10-16)13-19-21(23-14-24-22(19)26)25-17-7-5-4-6-8-17/h4-15H,1-3H3,(H,23,24,25). The van der Waals surface area contributed by atoms with Gasteiger partial charge in [0.2, 0.25) is 0 Å². The highest BCUT2D eigenvalue weighted by Gasteiger charge is 2.17. The van der Waals surface area contributed by atoms with Gasteiger partial charge in [0.1, 0.15) is 23.5 Å². The molecule has 5 heteroatoms. The monoisotopic (exact) mass is 358 g/mol. The Kier molecular flexibility index (Phi) is 4.50. The first-order chi connectivity index (χ1) is 13.2. The molecular formula is C22H22N4O. The fourth-order valence-corrected chi connectivity index (χ4v) is 3.30. The summed E-state index contributed by atoms with van der Waals surface area (Å²) in [5.41, 5.74) is 4.15. The normalized spacial score (nSPS) is 11.1. The van der Waals surface area contributed by atoms with Crippen LogP contribution in [-0.4, -0.2) is 21.6 Å². The Balaban J connectivity index is 1.86. The van der Waals surface area contributed by atoms with E-state index in [1.807, 2.05) is 42.5 Å². The van der Waals surface area contributed by atoms with Crippen LogP contribution in [0, 0.1) is 0 Å². The molecular weight excluding hydrogens is 336 g/mol. The summed E-state index contributed by atoms with van der Waals surface area (Å²) in [6.07, 6.45) is 1.62. The molecule has 0 spiro atoms. The second-order valence-corrected chi connectivity index (χ2v) is 6.67. The third-order valence-electron chi connectivity index (χ3n) is 4.57. The number of aromatic nitrogens is 3. The van der Waals surface area contributed by atoms with Gasteiger partial charge in [-0.15, -0.1) is 0 Å². The molecule has 1 N–H and O–H groups in total. The van der Waals surface area contributed by atoms with Crippen molar-refractivity contribution in [3.8, 4) is 17.0 Å². The first-order valence-corrected chi connectivity index (χ1v) is 9.00. The maximum atomic E-state index is 5.29. The van der Waals surface area contributed by atoms with Crippen LogP contribution >= 0.6 is 0 Å². The van der Waals surface area contributed by atoms with Crippen LogP contribution in [0.2, 0.25) is 0 Å². The number of hydrogen-bond acceptors (Lipinski definition) is 4. The van der Waals surface area contributed by atoms with E-state index in [9.17, 15) is 0 Å². The van der Waals surface area contributed by atoms with Crippen molar-refractivity contribution in [1.29, 1.82) is 0 Å². The lowest BCUT2D eigenvalue weighted by molar-refractivity contribution is 0.415. The molecule has 0 amide bonds. The van der Waals surface area contributed by atoms with E-state index in [2.05, 4.69) is 51.9 Å². The first-order valence-electron chi connectivity index (χ1n) is 9.00. The highest BCUT2D eigenvalue weighted by atomic mass is 16.5. The molecule has 0 saturated carbocycles. The Bertz CT molecular complexity index is 1050. The van der Waals surface area contributed by atoms with Crippen LogP contribution in [0.3, 0.4) is 0 Å². The molecule has 0 aliphatic rings. The summed E-state index contributed by atoms with van der Waals surface area (Å²) < 4.78 is 7.53. The van der Waals surface area contributed by atoms with Gasteiger partial charge < -0.3 is 14.6 Å². The molecule has 136 valence electrons. The van der Waals surface area contributed by atoms with Crippen molar-refractivity contribution >= 4 is 22.5 Å². The minimum Gasteiger partial charge on any atom is -0.497 e. The fraction of sp³-hybridized carbons (Fsp3) is 0.182. The number of methoxy groups -OCH3 is 1. The summed E-state index contributed by atoms with van der Waals surface area (Å²) >= 11 is 0. The lowest BCUT2D eigenvalue weighted by Crippen LogP contribution is -2.04. The maximum absolute atomic E-state index is 5.29. The van der Waals surface area contributed by atoms with Crippen LogP contribution in [-0.2, 0) is 0 Å².